The number of para-hydroxylation sites is 1. The van der Waals surface area contributed by atoms with Gasteiger partial charge in [-0.05, 0) is 37.6 Å². The van der Waals surface area contributed by atoms with Gasteiger partial charge in [-0.1, -0.05) is 24.3 Å². The first-order valence-electron chi connectivity index (χ1n) is 9.79. The molecule has 0 spiro atoms. The van der Waals surface area contributed by atoms with E-state index in [-0.39, 0.29) is 12.5 Å². The van der Waals surface area contributed by atoms with Crippen LogP contribution >= 0.6 is 0 Å². The average Bonchev–Trinajstić information content (AvgIpc) is 3.02. The van der Waals surface area contributed by atoms with Crippen LogP contribution in [0.25, 0.3) is 10.9 Å². The fourth-order valence-corrected chi connectivity index (χ4v) is 3.40. The number of ether oxygens (including phenoxy) is 3. The van der Waals surface area contributed by atoms with Gasteiger partial charge in [-0.2, -0.15) is 5.10 Å². The predicted molar refractivity (Wildman–Crippen MR) is 117 cm³/mol. The molecule has 3 rings (SSSR count). The first-order valence-corrected chi connectivity index (χ1v) is 9.79. The molecule has 0 aliphatic carbocycles. The quantitative estimate of drug-likeness (QED) is 0.332. The monoisotopic (exact) mass is 409 g/mol. The van der Waals surface area contributed by atoms with Crippen LogP contribution < -0.4 is 14.9 Å². The minimum absolute atomic E-state index is 0.174. The molecule has 0 aliphatic heterocycles. The number of benzene rings is 2. The zero-order valence-electron chi connectivity index (χ0n) is 17.8. The predicted octanol–water partition coefficient (Wildman–Crippen LogP) is 3.65. The molecular weight excluding hydrogens is 382 g/mol. The van der Waals surface area contributed by atoms with Crippen LogP contribution in [-0.2, 0) is 22.6 Å². The first kappa shape index (κ1) is 21.2. The fourth-order valence-electron chi connectivity index (χ4n) is 3.40. The van der Waals surface area contributed by atoms with E-state index in [0.717, 1.165) is 27.7 Å². The van der Waals surface area contributed by atoms with E-state index in [0.29, 0.717) is 24.7 Å². The maximum atomic E-state index is 12.0. The van der Waals surface area contributed by atoms with Crippen LogP contribution in [0.5, 0.6) is 11.5 Å². The lowest BCUT2D eigenvalue weighted by molar-refractivity contribution is -0.143. The Kier molecular flexibility index (Phi) is 6.95. The molecule has 30 heavy (non-hydrogen) atoms. The standard InChI is InChI=1S/C23H27N3O4/c1-5-30-23(27)15-26-16(2)19(18-8-6-7-9-20(18)26)14-25-24-13-17-10-11-21(28-3)22(12-17)29-4/h6-12,14,24H,5,13,15H2,1-4H3/b25-14-. The highest BCUT2D eigenvalue weighted by atomic mass is 16.5. The van der Waals surface area contributed by atoms with Crippen LogP contribution in [0.15, 0.2) is 47.6 Å². The van der Waals surface area contributed by atoms with E-state index in [1.165, 1.54) is 0 Å². The molecule has 0 bridgehead atoms. The zero-order valence-corrected chi connectivity index (χ0v) is 17.8. The topological polar surface area (TPSA) is 74.1 Å². The van der Waals surface area contributed by atoms with Crippen molar-refractivity contribution in [3.8, 4) is 11.5 Å². The maximum Gasteiger partial charge on any atom is 0.325 e. The molecule has 0 saturated heterocycles. The maximum absolute atomic E-state index is 12.0. The molecular formula is C23H27N3O4. The number of hydrazone groups is 1. The lowest BCUT2D eigenvalue weighted by Crippen LogP contribution is -2.14. The van der Waals surface area contributed by atoms with Gasteiger partial charge in [-0.3, -0.25) is 4.79 Å². The molecule has 1 N–H and O–H groups in total. The van der Waals surface area contributed by atoms with Gasteiger partial charge < -0.3 is 24.2 Å². The van der Waals surface area contributed by atoms with Crippen molar-refractivity contribution in [3.05, 3.63) is 59.3 Å². The summed E-state index contributed by atoms with van der Waals surface area (Å²) < 4.78 is 17.7. The number of esters is 1. The van der Waals surface area contributed by atoms with Gasteiger partial charge in [0, 0.05) is 22.2 Å². The summed E-state index contributed by atoms with van der Waals surface area (Å²) >= 11 is 0. The minimum Gasteiger partial charge on any atom is -0.493 e. The largest absolute Gasteiger partial charge is 0.493 e. The van der Waals surface area contributed by atoms with Gasteiger partial charge in [0.1, 0.15) is 6.54 Å². The van der Waals surface area contributed by atoms with Crippen molar-refractivity contribution in [1.29, 1.82) is 0 Å². The van der Waals surface area contributed by atoms with Gasteiger partial charge >= 0.3 is 5.97 Å². The number of hydrogen-bond donors (Lipinski definition) is 1. The molecule has 0 fully saturated rings. The second kappa shape index (κ2) is 9.82. The van der Waals surface area contributed by atoms with E-state index in [1.54, 1.807) is 27.4 Å². The number of aromatic nitrogens is 1. The van der Waals surface area contributed by atoms with E-state index < -0.39 is 0 Å². The number of carbonyl (C=O) groups is 1. The summed E-state index contributed by atoms with van der Waals surface area (Å²) in [6.45, 7) is 4.87. The summed E-state index contributed by atoms with van der Waals surface area (Å²) in [6, 6.07) is 13.7. The number of nitrogens with one attached hydrogen (secondary N) is 1. The minimum atomic E-state index is -0.253. The Balaban J connectivity index is 1.78. The molecule has 158 valence electrons. The highest BCUT2D eigenvalue weighted by Crippen LogP contribution is 2.27. The van der Waals surface area contributed by atoms with Crippen molar-refractivity contribution >= 4 is 23.1 Å². The Morgan fingerprint density at radius 2 is 1.90 bits per heavy atom. The summed E-state index contributed by atoms with van der Waals surface area (Å²) in [4.78, 5) is 12.0. The van der Waals surface area contributed by atoms with Crippen LogP contribution in [0.1, 0.15) is 23.7 Å². The Bertz CT molecular complexity index is 1060. The number of rotatable bonds is 9. The molecule has 0 saturated carbocycles. The summed E-state index contributed by atoms with van der Waals surface area (Å²) in [5, 5.41) is 5.44. The molecule has 0 atom stereocenters. The van der Waals surface area contributed by atoms with Crippen LogP contribution in [0, 0.1) is 6.92 Å². The highest BCUT2D eigenvalue weighted by molar-refractivity contribution is 6.01. The lowest BCUT2D eigenvalue weighted by Gasteiger charge is -2.09. The summed E-state index contributed by atoms with van der Waals surface area (Å²) in [7, 11) is 3.23. The number of nitrogens with zero attached hydrogens (tertiary/aromatic N) is 2. The number of carbonyl (C=O) groups excluding carboxylic acids is 1. The van der Waals surface area contributed by atoms with Crippen molar-refractivity contribution in [2.24, 2.45) is 5.10 Å². The van der Waals surface area contributed by atoms with Crippen LogP contribution in [0.4, 0.5) is 0 Å². The van der Waals surface area contributed by atoms with Crippen molar-refractivity contribution in [2.75, 3.05) is 20.8 Å². The third-order valence-electron chi connectivity index (χ3n) is 4.89. The van der Waals surface area contributed by atoms with Crippen LogP contribution in [0.3, 0.4) is 0 Å². The van der Waals surface area contributed by atoms with Gasteiger partial charge in [0.2, 0.25) is 0 Å². The number of methoxy groups -OCH3 is 2. The van der Waals surface area contributed by atoms with Crippen LogP contribution in [-0.4, -0.2) is 37.6 Å². The van der Waals surface area contributed by atoms with Gasteiger partial charge in [0.25, 0.3) is 0 Å². The number of fused-ring (bicyclic) bond motifs is 1. The van der Waals surface area contributed by atoms with E-state index in [4.69, 9.17) is 14.2 Å². The zero-order chi connectivity index (χ0) is 21.5. The normalized spacial score (nSPS) is 11.1. The van der Waals surface area contributed by atoms with Gasteiger partial charge in [0.05, 0.1) is 33.6 Å². The first-order chi connectivity index (χ1) is 14.6. The summed E-state index contributed by atoms with van der Waals surface area (Å²) in [6.07, 6.45) is 1.79. The Labute approximate surface area is 176 Å². The molecule has 2 aromatic carbocycles. The Morgan fingerprint density at radius 1 is 1.13 bits per heavy atom. The Hall–Kier alpha value is -3.48. The van der Waals surface area contributed by atoms with E-state index in [9.17, 15) is 4.79 Å². The molecule has 1 aromatic heterocycles. The lowest BCUT2D eigenvalue weighted by atomic mass is 10.1. The van der Waals surface area contributed by atoms with Gasteiger partial charge in [-0.25, -0.2) is 0 Å². The van der Waals surface area contributed by atoms with Gasteiger partial charge in [-0.15, -0.1) is 0 Å². The van der Waals surface area contributed by atoms with E-state index in [2.05, 4.69) is 10.5 Å². The highest BCUT2D eigenvalue weighted by Gasteiger charge is 2.15. The molecule has 7 nitrogen and oxygen atoms in total. The second-order valence-electron chi connectivity index (χ2n) is 6.69. The Morgan fingerprint density at radius 3 is 2.63 bits per heavy atom. The van der Waals surface area contributed by atoms with Crippen molar-refractivity contribution in [3.63, 3.8) is 0 Å². The molecule has 0 amide bonds. The van der Waals surface area contributed by atoms with Crippen molar-refractivity contribution in [1.82, 2.24) is 9.99 Å². The summed E-state index contributed by atoms with van der Waals surface area (Å²) in [5.74, 6) is 1.12. The molecule has 0 unspecified atom stereocenters. The molecule has 0 aliphatic rings. The SMILES string of the molecule is CCOC(=O)Cn1c(C)c(/C=N\NCc2ccc(OC)c(OC)c2)c2ccccc21. The molecule has 1 heterocycles. The molecule has 7 heteroatoms. The molecule has 3 aromatic rings. The summed E-state index contributed by atoms with van der Waals surface area (Å²) in [5.41, 5.74) is 7.00. The van der Waals surface area contributed by atoms with Gasteiger partial charge in [0.15, 0.2) is 11.5 Å². The van der Waals surface area contributed by atoms with E-state index in [1.807, 2.05) is 54.0 Å². The third kappa shape index (κ3) is 4.56. The smallest absolute Gasteiger partial charge is 0.325 e. The van der Waals surface area contributed by atoms with Crippen LogP contribution in [0.2, 0.25) is 0 Å². The second-order valence-corrected chi connectivity index (χ2v) is 6.69. The molecule has 0 radical (unpaired) electrons. The third-order valence-corrected chi connectivity index (χ3v) is 4.89. The average molecular weight is 409 g/mol. The van der Waals surface area contributed by atoms with Crippen molar-refractivity contribution in [2.45, 2.75) is 26.9 Å². The van der Waals surface area contributed by atoms with Crippen molar-refractivity contribution < 1.29 is 19.0 Å². The fraction of sp³-hybridized carbons (Fsp3) is 0.304. The number of hydrogen-bond acceptors (Lipinski definition) is 6. The van der Waals surface area contributed by atoms with E-state index >= 15 is 0 Å².